The summed E-state index contributed by atoms with van der Waals surface area (Å²) in [5.74, 6) is 0. The van der Waals surface area contributed by atoms with E-state index >= 15 is 0 Å². The SMILES string of the molecule is c1cc(-c2ccc3ccccc3c2)cc(N(c2ccccc2-c2cccc3c2sc2ccccc23)c2cccc3c2oc2ccccc23)c1. The molecule has 0 radical (unpaired) electrons. The van der Waals surface area contributed by atoms with Crippen molar-refractivity contribution in [3.05, 3.63) is 176 Å². The Labute approximate surface area is 287 Å². The highest BCUT2D eigenvalue weighted by Gasteiger charge is 2.23. The van der Waals surface area contributed by atoms with Gasteiger partial charge < -0.3 is 9.32 Å². The maximum absolute atomic E-state index is 6.69. The van der Waals surface area contributed by atoms with E-state index in [-0.39, 0.29) is 0 Å². The first-order valence-corrected chi connectivity index (χ1v) is 17.4. The molecule has 0 atom stereocenters. The molecule has 2 nitrogen and oxygen atoms in total. The fraction of sp³-hybridized carbons (Fsp3) is 0. The largest absolute Gasteiger partial charge is 0.454 e. The van der Waals surface area contributed by atoms with Crippen LogP contribution in [0.3, 0.4) is 0 Å². The van der Waals surface area contributed by atoms with Crippen LogP contribution in [0.1, 0.15) is 0 Å². The van der Waals surface area contributed by atoms with Crippen LogP contribution in [0, 0.1) is 0 Å². The predicted molar refractivity (Wildman–Crippen MR) is 210 cm³/mol. The van der Waals surface area contributed by atoms with Crippen LogP contribution in [0.15, 0.2) is 180 Å². The third-order valence-corrected chi connectivity index (χ3v) is 10.9. The summed E-state index contributed by atoms with van der Waals surface area (Å²) in [7, 11) is 0. The normalized spacial score (nSPS) is 11.7. The quantitative estimate of drug-likeness (QED) is 0.186. The molecule has 0 aliphatic heterocycles. The van der Waals surface area contributed by atoms with Crippen LogP contribution in [0.25, 0.3) is 75.1 Å². The summed E-state index contributed by atoms with van der Waals surface area (Å²) in [4.78, 5) is 2.39. The zero-order valence-corrected chi connectivity index (χ0v) is 27.3. The van der Waals surface area contributed by atoms with E-state index in [1.807, 2.05) is 17.4 Å². The topological polar surface area (TPSA) is 16.4 Å². The molecule has 0 spiro atoms. The second-order valence-electron chi connectivity index (χ2n) is 12.5. The average molecular weight is 644 g/mol. The molecule has 10 aromatic rings. The minimum atomic E-state index is 0.870. The highest BCUT2D eigenvalue weighted by molar-refractivity contribution is 7.26. The standard InChI is InChI=1S/C46H29NOS/c1-2-13-31-28-33(27-26-30(31)12-1)32-14-9-15-34(29-32)47(42-23-11-19-38-36-17-4-7-24-43(36)48-45(38)42)41-22-6-3-16-35(41)39-20-10-21-40-37-18-5-8-25-44(37)49-46(39)40/h1-29H. The summed E-state index contributed by atoms with van der Waals surface area (Å²) in [5.41, 5.74) is 9.66. The second-order valence-corrected chi connectivity index (χ2v) is 13.5. The molecular formula is C46H29NOS. The molecule has 2 heterocycles. The van der Waals surface area contributed by atoms with Gasteiger partial charge >= 0.3 is 0 Å². The van der Waals surface area contributed by atoms with Gasteiger partial charge in [0.1, 0.15) is 5.58 Å². The number of para-hydroxylation sites is 3. The number of rotatable bonds is 5. The van der Waals surface area contributed by atoms with Crippen molar-refractivity contribution >= 4 is 81.3 Å². The zero-order valence-electron chi connectivity index (χ0n) is 26.5. The molecular weight excluding hydrogens is 615 g/mol. The summed E-state index contributed by atoms with van der Waals surface area (Å²) < 4.78 is 9.28. The van der Waals surface area contributed by atoms with E-state index in [1.165, 1.54) is 47.6 Å². The van der Waals surface area contributed by atoms with Gasteiger partial charge in [0.05, 0.1) is 11.4 Å². The first-order valence-electron chi connectivity index (χ1n) is 16.6. The van der Waals surface area contributed by atoms with Crippen LogP contribution in [0.4, 0.5) is 17.1 Å². The van der Waals surface area contributed by atoms with Crippen molar-refractivity contribution in [2.45, 2.75) is 0 Å². The molecule has 10 rings (SSSR count). The van der Waals surface area contributed by atoms with E-state index in [9.17, 15) is 0 Å². The first kappa shape index (κ1) is 27.9. The summed E-state index contributed by atoms with van der Waals surface area (Å²) in [5, 5.41) is 7.28. The number of hydrogen-bond acceptors (Lipinski definition) is 3. The molecule has 0 aliphatic rings. The number of hydrogen-bond donors (Lipinski definition) is 0. The number of nitrogens with zero attached hydrogens (tertiary/aromatic N) is 1. The molecule has 49 heavy (non-hydrogen) atoms. The van der Waals surface area contributed by atoms with E-state index in [0.717, 1.165) is 44.6 Å². The van der Waals surface area contributed by atoms with Gasteiger partial charge in [-0.3, -0.25) is 0 Å². The lowest BCUT2D eigenvalue weighted by Crippen LogP contribution is -2.11. The minimum absolute atomic E-state index is 0.870. The van der Waals surface area contributed by atoms with E-state index in [2.05, 4.69) is 175 Å². The average Bonchev–Trinajstić information content (AvgIpc) is 3.74. The Morgan fingerprint density at radius 2 is 1.10 bits per heavy atom. The predicted octanol–water partition coefficient (Wildman–Crippen LogP) is 13.9. The lowest BCUT2D eigenvalue weighted by Gasteiger charge is -2.28. The Morgan fingerprint density at radius 3 is 2.06 bits per heavy atom. The van der Waals surface area contributed by atoms with Crippen molar-refractivity contribution in [2.75, 3.05) is 4.90 Å². The van der Waals surface area contributed by atoms with Gasteiger partial charge in [-0.15, -0.1) is 11.3 Å². The van der Waals surface area contributed by atoms with Crippen molar-refractivity contribution in [1.82, 2.24) is 0 Å². The molecule has 0 saturated heterocycles. The lowest BCUT2D eigenvalue weighted by molar-refractivity contribution is 0.669. The number of furan rings is 1. The van der Waals surface area contributed by atoms with Crippen LogP contribution in [0.5, 0.6) is 0 Å². The number of benzene rings is 8. The number of thiophene rings is 1. The maximum atomic E-state index is 6.69. The number of fused-ring (bicyclic) bond motifs is 7. The third kappa shape index (κ3) is 4.55. The van der Waals surface area contributed by atoms with E-state index in [4.69, 9.17) is 4.42 Å². The second kappa shape index (κ2) is 11.2. The Hall–Kier alpha value is -6.16. The van der Waals surface area contributed by atoms with Crippen molar-refractivity contribution in [3.8, 4) is 22.3 Å². The zero-order chi connectivity index (χ0) is 32.3. The fourth-order valence-corrected chi connectivity index (χ4v) is 8.60. The van der Waals surface area contributed by atoms with Crippen LogP contribution in [-0.4, -0.2) is 0 Å². The van der Waals surface area contributed by atoms with E-state index < -0.39 is 0 Å². The molecule has 0 bridgehead atoms. The molecule has 0 N–H and O–H groups in total. The van der Waals surface area contributed by atoms with Crippen LogP contribution < -0.4 is 4.90 Å². The van der Waals surface area contributed by atoms with Gasteiger partial charge in [0, 0.05) is 47.8 Å². The molecule has 3 heteroatoms. The van der Waals surface area contributed by atoms with Gasteiger partial charge in [0.25, 0.3) is 0 Å². The van der Waals surface area contributed by atoms with Crippen molar-refractivity contribution in [1.29, 1.82) is 0 Å². The molecule has 0 amide bonds. The fourth-order valence-electron chi connectivity index (χ4n) is 7.37. The van der Waals surface area contributed by atoms with Crippen LogP contribution >= 0.6 is 11.3 Å². The molecule has 0 aliphatic carbocycles. The summed E-state index contributed by atoms with van der Waals surface area (Å²) in [6.45, 7) is 0. The van der Waals surface area contributed by atoms with Gasteiger partial charge in [-0.25, -0.2) is 0 Å². The summed E-state index contributed by atoms with van der Waals surface area (Å²) in [6.07, 6.45) is 0. The highest BCUT2D eigenvalue weighted by Crippen LogP contribution is 2.48. The van der Waals surface area contributed by atoms with Crippen molar-refractivity contribution in [3.63, 3.8) is 0 Å². The van der Waals surface area contributed by atoms with Gasteiger partial charge in [-0.05, 0) is 64.4 Å². The molecule has 0 unspecified atom stereocenters. The summed E-state index contributed by atoms with van der Waals surface area (Å²) in [6, 6.07) is 63.2. The van der Waals surface area contributed by atoms with E-state index in [0.29, 0.717) is 0 Å². The Morgan fingerprint density at radius 1 is 0.429 bits per heavy atom. The van der Waals surface area contributed by atoms with Gasteiger partial charge in [-0.2, -0.15) is 0 Å². The Balaban J connectivity index is 1.24. The lowest BCUT2D eigenvalue weighted by atomic mass is 9.98. The van der Waals surface area contributed by atoms with Gasteiger partial charge in [-0.1, -0.05) is 133 Å². The maximum Gasteiger partial charge on any atom is 0.159 e. The molecule has 8 aromatic carbocycles. The van der Waals surface area contributed by atoms with Crippen LogP contribution in [-0.2, 0) is 0 Å². The smallest absolute Gasteiger partial charge is 0.159 e. The first-order chi connectivity index (χ1) is 24.3. The van der Waals surface area contributed by atoms with Gasteiger partial charge in [0.2, 0.25) is 0 Å². The molecule has 0 fully saturated rings. The van der Waals surface area contributed by atoms with Crippen molar-refractivity contribution < 1.29 is 4.42 Å². The Bertz CT molecular complexity index is 2860. The molecule has 230 valence electrons. The van der Waals surface area contributed by atoms with Gasteiger partial charge in [0.15, 0.2) is 5.58 Å². The monoisotopic (exact) mass is 643 g/mol. The third-order valence-electron chi connectivity index (χ3n) is 9.65. The Kier molecular flexibility index (Phi) is 6.39. The molecule has 0 saturated carbocycles. The van der Waals surface area contributed by atoms with E-state index in [1.54, 1.807) is 0 Å². The summed E-state index contributed by atoms with van der Waals surface area (Å²) >= 11 is 1.86. The van der Waals surface area contributed by atoms with Crippen LogP contribution in [0.2, 0.25) is 0 Å². The highest BCUT2D eigenvalue weighted by atomic mass is 32.1. The number of anilines is 3. The minimum Gasteiger partial charge on any atom is -0.454 e. The van der Waals surface area contributed by atoms with Crippen molar-refractivity contribution in [2.24, 2.45) is 0 Å². The molecule has 2 aromatic heterocycles.